The number of aromatic nitrogens is 2. The first kappa shape index (κ1) is 20.1. The molecule has 3 heterocycles. The van der Waals surface area contributed by atoms with Gasteiger partial charge in [-0.15, -0.1) is 0 Å². The molecule has 0 spiro atoms. The fraction of sp³-hybridized carbons (Fsp3) is 0.120. The summed E-state index contributed by atoms with van der Waals surface area (Å²) in [5, 5.41) is 3.25. The lowest BCUT2D eigenvalue weighted by Gasteiger charge is -2.11. The number of benzene rings is 2. The molecule has 2 aromatic heterocycles. The minimum atomic E-state index is -0.959. The number of nitrogens with zero attached hydrogens (tertiary/aromatic N) is 2. The lowest BCUT2D eigenvalue weighted by Crippen LogP contribution is -2.09. The van der Waals surface area contributed by atoms with Gasteiger partial charge < -0.3 is 9.88 Å². The maximum Gasteiger partial charge on any atom is 0.197 e. The molecule has 0 saturated carbocycles. The Labute approximate surface area is 182 Å². The van der Waals surface area contributed by atoms with Gasteiger partial charge in [0.15, 0.2) is 17.4 Å². The largest absolute Gasteiger partial charge is 0.369 e. The average Bonchev–Trinajstić information content (AvgIpc) is 3.37. The molecule has 0 aliphatic carbocycles. The van der Waals surface area contributed by atoms with Crippen LogP contribution < -0.4 is 5.32 Å². The van der Waals surface area contributed by atoms with Crippen LogP contribution in [0.5, 0.6) is 0 Å². The van der Waals surface area contributed by atoms with Gasteiger partial charge in [-0.1, -0.05) is 6.07 Å². The molecular weight excluding hydrogens is 415 g/mol. The molecular formula is C25H18F3N3O. The van der Waals surface area contributed by atoms with Crippen molar-refractivity contribution in [3.8, 4) is 11.3 Å². The van der Waals surface area contributed by atoms with E-state index in [1.165, 1.54) is 30.3 Å². The van der Waals surface area contributed by atoms with Gasteiger partial charge in [0, 0.05) is 42.5 Å². The van der Waals surface area contributed by atoms with Crippen LogP contribution in [0.25, 0.3) is 11.3 Å². The maximum atomic E-state index is 14.1. The SMILES string of the molecule is O=C(c1ccc(F)cc1)c1c(Cc2ccccn2)c(-c2ccc(F)c(F)c2)n2c1NCC2. The fourth-order valence-electron chi connectivity index (χ4n) is 4.18. The van der Waals surface area contributed by atoms with Crippen molar-refractivity contribution in [1.29, 1.82) is 0 Å². The van der Waals surface area contributed by atoms with Crippen molar-refractivity contribution in [3.63, 3.8) is 0 Å². The number of carbonyl (C=O) groups excluding carboxylic acids is 1. The van der Waals surface area contributed by atoms with E-state index in [9.17, 15) is 18.0 Å². The van der Waals surface area contributed by atoms with E-state index in [0.29, 0.717) is 53.3 Å². The first-order valence-electron chi connectivity index (χ1n) is 10.2. The van der Waals surface area contributed by atoms with E-state index in [1.54, 1.807) is 12.3 Å². The molecule has 7 heteroatoms. The van der Waals surface area contributed by atoms with Crippen LogP contribution in [0, 0.1) is 17.5 Å². The number of rotatable bonds is 5. The predicted octanol–water partition coefficient (Wildman–Crippen LogP) is 5.21. The summed E-state index contributed by atoms with van der Waals surface area (Å²) >= 11 is 0. The molecule has 0 radical (unpaired) electrons. The van der Waals surface area contributed by atoms with E-state index >= 15 is 0 Å². The fourth-order valence-corrected chi connectivity index (χ4v) is 4.18. The van der Waals surface area contributed by atoms with Crippen molar-refractivity contribution in [2.75, 3.05) is 11.9 Å². The minimum Gasteiger partial charge on any atom is -0.369 e. The molecule has 2 aromatic carbocycles. The normalized spacial score (nSPS) is 12.5. The predicted molar refractivity (Wildman–Crippen MR) is 115 cm³/mol. The first-order chi connectivity index (χ1) is 15.5. The summed E-state index contributed by atoms with van der Waals surface area (Å²) in [6.07, 6.45) is 1.98. The van der Waals surface area contributed by atoms with E-state index in [1.807, 2.05) is 16.7 Å². The van der Waals surface area contributed by atoms with Crippen molar-refractivity contribution < 1.29 is 18.0 Å². The lowest BCUT2D eigenvalue weighted by atomic mass is 9.94. The Morgan fingerprint density at radius 1 is 1.00 bits per heavy atom. The molecule has 0 amide bonds. The molecule has 0 unspecified atom stereocenters. The molecule has 0 saturated heterocycles. The summed E-state index contributed by atoms with van der Waals surface area (Å²) in [7, 11) is 0. The van der Waals surface area contributed by atoms with Crippen LogP contribution in [0.15, 0.2) is 66.9 Å². The van der Waals surface area contributed by atoms with Crippen LogP contribution in [0.1, 0.15) is 27.2 Å². The maximum absolute atomic E-state index is 14.1. The molecule has 0 fully saturated rings. The number of halogens is 3. The highest BCUT2D eigenvalue weighted by molar-refractivity contribution is 6.14. The van der Waals surface area contributed by atoms with Crippen LogP contribution in [0.3, 0.4) is 0 Å². The molecule has 1 aliphatic rings. The van der Waals surface area contributed by atoms with E-state index in [-0.39, 0.29) is 5.78 Å². The number of ketones is 1. The molecule has 0 bridgehead atoms. The Bertz CT molecular complexity index is 1310. The van der Waals surface area contributed by atoms with E-state index in [2.05, 4.69) is 10.3 Å². The average molecular weight is 433 g/mol. The third kappa shape index (κ3) is 3.45. The van der Waals surface area contributed by atoms with Gasteiger partial charge in [0.05, 0.1) is 11.3 Å². The van der Waals surface area contributed by atoms with Gasteiger partial charge in [-0.3, -0.25) is 9.78 Å². The standard InChI is InChI=1S/C25H18F3N3O/c26-17-7-4-15(5-8-17)24(32)22-19(14-18-3-1-2-10-29-18)23(31-12-11-30-25(22)31)16-6-9-20(27)21(28)13-16/h1-10,13,30H,11-12,14H2. The molecule has 4 aromatic rings. The summed E-state index contributed by atoms with van der Waals surface area (Å²) in [5.74, 6) is -1.99. The Kier molecular flexibility index (Phi) is 5.01. The molecule has 160 valence electrons. The van der Waals surface area contributed by atoms with Gasteiger partial charge in [0.2, 0.25) is 0 Å². The van der Waals surface area contributed by atoms with Crippen molar-refractivity contribution in [1.82, 2.24) is 9.55 Å². The summed E-state index contributed by atoms with van der Waals surface area (Å²) in [4.78, 5) is 17.9. The lowest BCUT2D eigenvalue weighted by molar-refractivity contribution is 0.103. The zero-order valence-corrected chi connectivity index (χ0v) is 16.9. The summed E-state index contributed by atoms with van der Waals surface area (Å²) < 4.78 is 43.1. The van der Waals surface area contributed by atoms with Crippen LogP contribution in [0.4, 0.5) is 19.0 Å². The highest BCUT2D eigenvalue weighted by Crippen LogP contribution is 2.40. The Morgan fingerprint density at radius 3 is 2.53 bits per heavy atom. The van der Waals surface area contributed by atoms with Gasteiger partial charge in [-0.2, -0.15) is 0 Å². The highest BCUT2D eigenvalue weighted by Gasteiger charge is 2.31. The monoisotopic (exact) mass is 433 g/mol. The number of carbonyl (C=O) groups is 1. The highest BCUT2D eigenvalue weighted by atomic mass is 19.2. The second-order valence-electron chi connectivity index (χ2n) is 7.59. The molecule has 5 rings (SSSR count). The van der Waals surface area contributed by atoms with Crippen molar-refractivity contribution in [2.24, 2.45) is 0 Å². The summed E-state index contributed by atoms with van der Waals surface area (Å²) in [6, 6.07) is 14.6. The second-order valence-corrected chi connectivity index (χ2v) is 7.59. The van der Waals surface area contributed by atoms with Crippen molar-refractivity contribution in [2.45, 2.75) is 13.0 Å². The molecule has 4 nitrogen and oxygen atoms in total. The van der Waals surface area contributed by atoms with Gasteiger partial charge >= 0.3 is 0 Å². The number of pyridine rings is 1. The number of fused-ring (bicyclic) bond motifs is 1. The Balaban J connectivity index is 1.74. The Morgan fingerprint density at radius 2 is 1.81 bits per heavy atom. The first-order valence-corrected chi connectivity index (χ1v) is 10.2. The van der Waals surface area contributed by atoms with Crippen LogP contribution in [0.2, 0.25) is 0 Å². The molecule has 0 atom stereocenters. The number of anilines is 1. The summed E-state index contributed by atoms with van der Waals surface area (Å²) in [5.41, 5.74) is 3.27. The quantitative estimate of drug-likeness (QED) is 0.440. The summed E-state index contributed by atoms with van der Waals surface area (Å²) in [6.45, 7) is 1.16. The van der Waals surface area contributed by atoms with Crippen molar-refractivity contribution >= 4 is 11.6 Å². The number of hydrogen-bond donors (Lipinski definition) is 1. The Hall–Kier alpha value is -3.87. The smallest absolute Gasteiger partial charge is 0.197 e. The van der Waals surface area contributed by atoms with Crippen LogP contribution in [-0.2, 0) is 13.0 Å². The van der Waals surface area contributed by atoms with Gasteiger partial charge in [0.25, 0.3) is 0 Å². The third-order valence-corrected chi connectivity index (χ3v) is 5.60. The van der Waals surface area contributed by atoms with Crippen LogP contribution in [-0.4, -0.2) is 21.9 Å². The zero-order chi connectivity index (χ0) is 22.2. The van der Waals surface area contributed by atoms with Crippen LogP contribution >= 0.6 is 0 Å². The van der Waals surface area contributed by atoms with Gasteiger partial charge in [0.1, 0.15) is 11.6 Å². The third-order valence-electron chi connectivity index (χ3n) is 5.60. The van der Waals surface area contributed by atoms with Gasteiger partial charge in [-0.25, -0.2) is 13.2 Å². The number of hydrogen-bond acceptors (Lipinski definition) is 3. The topological polar surface area (TPSA) is 46.9 Å². The molecule has 1 N–H and O–H groups in total. The minimum absolute atomic E-state index is 0.275. The van der Waals surface area contributed by atoms with E-state index < -0.39 is 17.5 Å². The second kappa shape index (κ2) is 8.00. The van der Waals surface area contributed by atoms with E-state index in [0.717, 1.165) is 17.8 Å². The van der Waals surface area contributed by atoms with Crippen molar-refractivity contribution in [3.05, 3.63) is 107 Å². The molecule has 1 aliphatic heterocycles. The number of nitrogens with one attached hydrogen (secondary N) is 1. The molecule has 32 heavy (non-hydrogen) atoms. The zero-order valence-electron chi connectivity index (χ0n) is 16.9. The van der Waals surface area contributed by atoms with E-state index in [4.69, 9.17) is 0 Å². The van der Waals surface area contributed by atoms with Gasteiger partial charge in [-0.05, 0) is 60.2 Å².